The molecule has 0 spiro atoms. The molecule has 4 aromatic rings. The summed E-state index contributed by atoms with van der Waals surface area (Å²) in [7, 11) is 2.14. The molecule has 9 heteroatoms. The van der Waals surface area contributed by atoms with Gasteiger partial charge in [0.1, 0.15) is 22.7 Å². The second-order valence-corrected chi connectivity index (χ2v) is 9.67. The van der Waals surface area contributed by atoms with Crippen LogP contribution in [0.15, 0.2) is 54.6 Å². The Morgan fingerprint density at radius 2 is 1.74 bits per heavy atom. The molecule has 0 atom stereocenters. The van der Waals surface area contributed by atoms with Crippen LogP contribution in [-0.2, 0) is 0 Å². The molecule has 1 aliphatic rings. The number of carbonyl (C=O) groups excluding carboxylic acids is 1. The number of nitrogens with zero attached hydrogens (tertiary/aromatic N) is 3. The van der Waals surface area contributed by atoms with Gasteiger partial charge in [0, 0.05) is 37.6 Å². The number of hydrogen-bond acceptors (Lipinski definition) is 6. The van der Waals surface area contributed by atoms with Crippen LogP contribution < -0.4 is 15.5 Å². The van der Waals surface area contributed by atoms with Crippen LogP contribution in [0.4, 0.5) is 31.0 Å². The first-order valence-corrected chi connectivity index (χ1v) is 12.2. The quantitative estimate of drug-likeness (QED) is 0.377. The number of para-hydroxylation sites is 1. The molecule has 1 aliphatic heterocycles. The standard InChI is InChI=1S/C26H25F2N5OS/c1-16-6-11-19(27)22(23(16)28)25(34)30-20-4-3-5-21-24(20)31-26(35-21)29-17-7-9-18(10-8-17)33-14-12-32(2)13-15-33/h3-11H,12-15H2,1-2H3,(H,29,31)(H,30,34). The summed E-state index contributed by atoms with van der Waals surface area (Å²) in [6.07, 6.45) is 0. The van der Waals surface area contributed by atoms with Crippen molar-refractivity contribution in [3.63, 3.8) is 0 Å². The molecule has 6 nitrogen and oxygen atoms in total. The SMILES string of the molecule is Cc1ccc(F)c(C(=O)Nc2cccc3sc(Nc4ccc(N5CCN(C)CC5)cc4)nc23)c1F. The zero-order valence-corrected chi connectivity index (χ0v) is 20.3. The molecule has 180 valence electrons. The van der Waals surface area contributed by atoms with Crippen LogP contribution in [-0.4, -0.2) is 49.0 Å². The van der Waals surface area contributed by atoms with E-state index in [1.54, 1.807) is 12.1 Å². The maximum absolute atomic E-state index is 14.4. The molecule has 0 bridgehead atoms. The monoisotopic (exact) mass is 493 g/mol. The van der Waals surface area contributed by atoms with E-state index in [4.69, 9.17) is 0 Å². The molecule has 35 heavy (non-hydrogen) atoms. The van der Waals surface area contributed by atoms with E-state index in [9.17, 15) is 13.6 Å². The summed E-state index contributed by atoms with van der Waals surface area (Å²) in [5, 5.41) is 6.59. The zero-order valence-electron chi connectivity index (χ0n) is 19.4. The number of anilines is 4. The number of likely N-dealkylation sites (N-methyl/N-ethyl adjacent to an activating group) is 1. The Morgan fingerprint density at radius 1 is 1.00 bits per heavy atom. The van der Waals surface area contributed by atoms with Crippen molar-refractivity contribution in [2.24, 2.45) is 0 Å². The number of hydrogen-bond donors (Lipinski definition) is 2. The molecule has 0 unspecified atom stereocenters. The van der Waals surface area contributed by atoms with Gasteiger partial charge in [-0.15, -0.1) is 0 Å². The third kappa shape index (κ3) is 4.82. The molecular weight excluding hydrogens is 468 g/mol. The lowest BCUT2D eigenvalue weighted by atomic mass is 10.1. The van der Waals surface area contributed by atoms with Crippen LogP contribution in [0.1, 0.15) is 15.9 Å². The van der Waals surface area contributed by atoms with Crippen LogP contribution in [0.2, 0.25) is 0 Å². The Bertz CT molecular complexity index is 1380. The number of aryl methyl sites for hydroxylation is 1. The highest BCUT2D eigenvalue weighted by Gasteiger charge is 2.21. The molecule has 0 radical (unpaired) electrons. The number of piperazine rings is 1. The van der Waals surface area contributed by atoms with Crippen LogP contribution in [0.3, 0.4) is 0 Å². The highest BCUT2D eigenvalue weighted by molar-refractivity contribution is 7.22. The molecule has 0 aliphatic carbocycles. The van der Waals surface area contributed by atoms with Gasteiger partial charge in [-0.25, -0.2) is 13.8 Å². The Balaban J connectivity index is 1.34. The predicted octanol–water partition coefficient (Wildman–Crippen LogP) is 5.63. The minimum atomic E-state index is -0.904. The van der Waals surface area contributed by atoms with E-state index in [0.29, 0.717) is 16.3 Å². The van der Waals surface area contributed by atoms with E-state index >= 15 is 0 Å². The molecule has 0 saturated carbocycles. The van der Waals surface area contributed by atoms with Gasteiger partial charge in [0.05, 0.1) is 10.4 Å². The van der Waals surface area contributed by atoms with Crippen LogP contribution in [0.5, 0.6) is 0 Å². The number of amides is 1. The minimum Gasteiger partial charge on any atom is -0.369 e. The number of carbonyl (C=O) groups is 1. The molecule has 2 heterocycles. The van der Waals surface area contributed by atoms with Crippen molar-refractivity contribution in [3.8, 4) is 0 Å². The average molecular weight is 494 g/mol. The Kier molecular flexibility index (Phi) is 6.36. The fraction of sp³-hybridized carbons (Fsp3) is 0.231. The number of halogens is 2. The number of rotatable bonds is 5. The third-order valence-electron chi connectivity index (χ3n) is 6.17. The van der Waals surface area contributed by atoms with E-state index in [2.05, 4.69) is 44.6 Å². The van der Waals surface area contributed by atoms with Crippen molar-refractivity contribution in [1.82, 2.24) is 9.88 Å². The van der Waals surface area contributed by atoms with Crippen molar-refractivity contribution < 1.29 is 13.6 Å². The highest BCUT2D eigenvalue weighted by Crippen LogP contribution is 2.33. The van der Waals surface area contributed by atoms with Gasteiger partial charge in [0.25, 0.3) is 5.91 Å². The Hall–Kier alpha value is -3.56. The molecule has 1 saturated heterocycles. The highest BCUT2D eigenvalue weighted by atomic mass is 32.1. The zero-order chi connectivity index (χ0) is 24.5. The molecule has 1 aromatic heterocycles. The van der Waals surface area contributed by atoms with Gasteiger partial charge in [0.15, 0.2) is 5.13 Å². The second-order valence-electron chi connectivity index (χ2n) is 8.64. The van der Waals surface area contributed by atoms with Crippen LogP contribution in [0, 0.1) is 18.6 Å². The predicted molar refractivity (Wildman–Crippen MR) is 138 cm³/mol. The number of fused-ring (bicyclic) bond motifs is 1. The number of benzene rings is 3. The molecule has 2 N–H and O–H groups in total. The van der Waals surface area contributed by atoms with Crippen LogP contribution >= 0.6 is 11.3 Å². The topological polar surface area (TPSA) is 60.5 Å². The number of aromatic nitrogens is 1. The maximum Gasteiger partial charge on any atom is 0.261 e. The first-order valence-electron chi connectivity index (χ1n) is 11.3. The van der Waals surface area contributed by atoms with Gasteiger partial charge in [0.2, 0.25) is 0 Å². The Morgan fingerprint density at radius 3 is 2.49 bits per heavy atom. The summed E-state index contributed by atoms with van der Waals surface area (Å²) in [6, 6.07) is 15.9. The molecular formula is C26H25F2N5OS. The van der Waals surface area contributed by atoms with Gasteiger partial charge < -0.3 is 20.4 Å². The fourth-order valence-corrected chi connectivity index (χ4v) is 5.01. The summed E-state index contributed by atoms with van der Waals surface area (Å²) >= 11 is 1.43. The lowest BCUT2D eigenvalue weighted by molar-refractivity contribution is 0.101. The number of thiazole rings is 1. The largest absolute Gasteiger partial charge is 0.369 e. The van der Waals surface area contributed by atoms with E-state index in [-0.39, 0.29) is 5.56 Å². The van der Waals surface area contributed by atoms with Crippen molar-refractivity contribution in [2.75, 3.05) is 48.8 Å². The van der Waals surface area contributed by atoms with Crippen molar-refractivity contribution in [3.05, 3.63) is 77.4 Å². The normalized spacial score (nSPS) is 14.3. The third-order valence-corrected chi connectivity index (χ3v) is 7.10. The van der Waals surface area contributed by atoms with Gasteiger partial charge >= 0.3 is 0 Å². The van der Waals surface area contributed by atoms with Gasteiger partial charge in [-0.1, -0.05) is 23.5 Å². The van der Waals surface area contributed by atoms with Gasteiger partial charge in [-0.2, -0.15) is 0 Å². The lowest BCUT2D eigenvalue weighted by Gasteiger charge is -2.34. The molecule has 1 amide bonds. The van der Waals surface area contributed by atoms with E-state index in [0.717, 1.165) is 42.6 Å². The van der Waals surface area contributed by atoms with Crippen molar-refractivity contribution in [1.29, 1.82) is 0 Å². The second kappa shape index (κ2) is 9.59. The summed E-state index contributed by atoms with van der Waals surface area (Å²) in [6.45, 7) is 5.60. The molecule has 3 aromatic carbocycles. The fourth-order valence-electron chi connectivity index (χ4n) is 4.10. The molecule has 1 fully saturated rings. The van der Waals surface area contributed by atoms with E-state index in [1.165, 1.54) is 30.0 Å². The van der Waals surface area contributed by atoms with Crippen molar-refractivity contribution >= 4 is 49.7 Å². The van der Waals surface area contributed by atoms with Gasteiger partial charge in [-0.3, -0.25) is 4.79 Å². The Labute approximate surface area is 206 Å². The smallest absolute Gasteiger partial charge is 0.261 e. The molecule has 5 rings (SSSR count). The van der Waals surface area contributed by atoms with E-state index < -0.39 is 23.1 Å². The summed E-state index contributed by atoms with van der Waals surface area (Å²) in [4.78, 5) is 22.0. The summed E-state index contributed by atoms with van der Waals surface area (Å²) in [5.74, 6) is -2.62. The van der Waals surface area contributed by atoms with E-state index in [1.807, 2.05) is 18.2 Å². The maximum atomic E-state index is 14.4. The average Bonchev–Trinajstić information content (AvgIpc) is 3.26. The summed E-state index contributed by atoms with van der Waals surface area (Å²) in [5.41, 5.74) is 2.63. The first kappa shape index (κ1) is 23.2. The lowest BCUT2D eigenvalue weighted by Crippen LogP contribution is -2.44. The summed E-state index contributed by atoms with van der Waals surface area (Å²) < 4.78 is 29.4. The first-order chi connectivity index (χ1) is 16.9. The number of nitrogens with one attached hydrogen (secondary N) is 2. The van der Waals surface area contributed by atoms with Gasteiger partial charge in [-0.05, 0) is 62.0 Å². The van der Waals surface area contributed by atoms with Crippen LogP contribution in [0.25, 0.3) is 10.2 Å². The minimum absolute atomic E-state index is 0.202. The van der Waals surface area contributed by atoms with Crippen molar-refractivity contribution in [2.45, 2.75) is 6.92 Å².